The molecule has 3 nitrogen and oxygen atoms in total. The fraction of sp³-hybridized carbons (Fsp3) is 0.222. The zero-order valence-corrected chi connectivity index (χ0v) is 11.9. The van der Waals surface area contributed by atoms with Gasteiger partial charge in [-0.05, 0) is 44.0 Å². The van der Waals surface area contributed by atoms with E-state index in [1.807, 2.05) is 18.2 Å². The van der Waals surface area contributed by atoms with Crippen LogP contribution >= 0.6 is 0 Å². The third-order valence-electron chi connectivity index (χ3n) is 4.01. The molecule has 0 bridgehead atoms. The zero-order valence-electron chi connectivity index (χ0n) is 11.9. The molecule has 1 heterocycles. The summed E-state index contributed by atoms with van der Waals surface area (Å²) >= 11 is 0. The maximum absolute atomic E-state index is 9.06. The van der Waals surface area contributed by atoms with Gasteiger partial charge >= 0.3 is 0 Å². The molecule has 1 saturated carbocycles. The number of rotatable bonds is 2. The third-order valence-corrected chi connectivity index (χ3v) is 4.01. The van der Waals surface area contributed by atoms with Crippen LogP contribution in [0.2, 0.25) is 0 Å². The van der Waals surface area contributed by atoms with E-state index < -0.39 is 0 Å². The molecule has 1 aromatic heterocycles. The lowest BCUT2D eigenvalue weighted by Crippen LogP contribution is -1.97. The summed E-state index contributed by atoms with van der Waals surface area (Å²) in [5.41, 5.74) is 5.10. The predicted octanol–water partition coefficient (Wildman–Crippen LogP) is 4.22. The topological polar surface area (TPSA) is 41.6 Å². The van der Waals surface area contributed by atoms with E-state index in [9.17, 15) is 0 Å². The maximum atomic E-state index is 9.06. The molecule has 0 spiro atoms. The minimum atomic E-state index is 0.554. The van der Waals surface area contributed by atoms with Gasteiger partial charge in [-0.1, -0.05) is 23.8 Å². The monoisotopic (exact) mass is 273 g/mol. The van der Waals surface area contributed by atoms with Gasteiger partial charge in [0.25, 0.3) is 0 Å². The van der Waals surface area contributed by atoms with Crippen molar-refractivity contribution in [2.24, 2.45) is 0 Å². The largest absolute Gasteiger partial charge is 0.321 e. The van der Waals surface area contributed by atoms with Crippen molar-refractivity contribution in [2.45, 2.75) is 25.8 Å². The Morgan fingerprint density at radius 1 is 1.19 bits per heavy atom. The summed E-state index contributed by atoms with van der Waals surface area (Å²) in [6.45, 7) is 2.10. The van der Waals surface area contributed by atoms with Gasteiger partial charge in [0.05, 0.1) is 22.7 Å². The average Bonchev–Trinajstić information content (AvgIpc) is 3.26. The van der Waals surface area contributed by atoms with Crippen molar-refractivity contribution >= 4 is 11.0 Å². The second kappa shape index (κ2) is 4.46. The number of imidazole rings is 1. The minimum Gasteiger partial charge on any atom is -0.321 e. The lowest BCUT2D eigenvalue weighted by Gasteiger charge is -2.08. The van der Waals surface area contributed by atoms with Crippen LogP contribution in [0.3, 0.4) is 0 Å². The molecule has 1 aliphatic rings. The predicted molar refractivity (Wildman–Crippen MR) is 82.9 cm³/mol. The highest BCUT2D eigenvalue weighted by atomic mass is 15.1. The normalized spacial score (nSPS) is 14.3. The molecule has 2 aromatic carbocycles. The molecule has 0 unspecified atom stereocenters. The summed E-state index contributed by atoms with van der Waals surface area (Å²) in [4.78, 5) is 4.81. The molecule has 102 valence electrons. The first-order chi connectivity index (χ1) is 10.3. The fourth-order valence-corrected chi connectivity index (χ4v) is 2.86. The average molecular weight is 273 g/mol. The van der Waals surface area contributed by atoms with E-state index in [0.717, 1.165) is 22.4 Å². The van der Waals surface area contributed by atoms with Crippen LogP contribution < -0.4 is 0 Å². The number of hydrogen-bond acceptors (Lipinski definition) is 2. The van der Waals surface area contributed by atoms with Gasteiger partial charge in [0.1, 0.15) is 5.82 Å². The summed E-state index contributed by atoms with van der Waals surface area (Å²) in [6.07, 6.45) is 2.43. The van der Waals surface area contributed by atoms with Crippen molar-refractivity contribution in [3.63, 3.8) is 0 Å². The van der Waals surface area contributed by atoms with Crippen LogP contribution in [0.4, 0.5) is 0 Å². The van der Waals surface area contributed by atoms with E-state index in [-0.39, 0.29) is 0 Å². The number of aromatic nitrogens is 2. The summed E-state index contributed by atoms with van der Waals surface area (Å²) in [5.74, 6) is 1.02. The lowest BCUT2D eigenvalue weighted by molar-refractivity contribution is 0.775. The van der Waals surface area contributed by atoms with E-state index in [2.05, 4.69) is 41.8 Å². The van der Waals surface area contributed by atoms with Crippen molar-refractivity contribution in [1.82, 2.24) is 9.55 Å². The molecule has 3 aromatic rings. The smallest absolute Gasteiger partial charge is 0.141 e. The Labute approximate surface area is 123 Å². The molecule has 0 saturated heterocycles. The minimum absolute atomic E-state index is 0.554. The summed E-state index contributed by atoms with van der Waals surface area (Å²) in [7, 11) is 0. The number of hydrogen-bond donors (Lipinski definition) is 0. The van der Waals surface area contributed by atoms with E-state index in [4.69, 9.17) is 10.2 Å². The fourth-order valence-electron chi connectivity index (χ4n) is 2.86. The number of nitrogens with zero attached hydrogens (tertiary/aromatic N) is 3. The number of aryl methyl sites for hydroxylation is 1. The van der Waals surface area contributed by atoms with Crippen molar-refractivity contribution < 1.29 is 0 Å². The van der Waals surface area contributed by atoms with Crippen LogP contribution in [0.25, 0.3) is 22.4 Å². The molecule has 21 heavy (non-hydrogen) atoms. The zero-order chi connectivity index (χ0) is 14.4. The van der Waals surface area contributed by atoms with Crippen molar-refractivity contribution in [3.8, 4) is 17.5 Å². The van der Waals surface area contributed by atoms with E-state index >= 15 is 0 Å². The SMILES string of the molecule is Cc1cccc(-c2nc3cc(C#N)ccc3n2C2CC2)c1. The first kappa shape index (κ1) is 12.2. The van der Waals surface area contributed by atoms with E-state index in [1.165, 1.54) is 18.4 Å². The van der Waals surface area contributed by atoms with Crippen LogP contribution in [-0.4, -0.2) is 9.55 Å². The van der Waals surface area contributed by atoms with Gasteiger partial charge in [0.15, 0.2) is 0 Å². The van der Waals surface area contributed by atoms with Gasteiger partial charge in [-0.2, -0.15) is 5.26 Å². The van der Waals surface area contributed by atoms with Gasteiger partial charge < -0.3 is 4.57 Å². The maximum Gasteiger partial charge on any atom is 0.141 e. The standard InChI is InChI=1S/C18H15N3/c1-12-3-2-4-14(9-12)18-20-16-10-13(11-19)5-8-17(16)21(18)15-6-7-15/h2-5,8-10,15H,6-7H2,1H3. The number of fused-ring (bicyclic) bond motifs is 1. The van der Waals surface area contributed by atoms with Crippen molar-refractivity contribution in [2.75, 3.05) is 0 Å². The van der Waals surface area contributed by atoms with Gasteiger partial charge in [-0.25, -0.2) is 4.98 Å². The van der Waals surface area contributed by atoms with Crippen LogP contribution in [-0.2, 0) is 0 Å². The number of benzene rings is 2. The van der Waals surface area contributed by atoms with E-state index in [1.54, 1.807) is 0 Å². The molecule has 0 radical (unpaired) electrons. The Morgan fingerprint density at radius 2 is 2.05 bits per heavy atom. The lowest BCUT2D eigenvalue weighted by atomic mass is 10.1. The van der Waals surface area contributed by atoms with Gasteiger partial charge in [-0.15, -0.1) is 0 Å². The van der Waals surface area contributed by atoms with Gasteiger partial charge in [0.2, 0.25) is 0 Å². The molecule has 1 fully saturated rings. The molecule has 3 heteroatoms. The Balaban J connectivity index is 1.99. The van der Waals surface area contributed by atoms with Gasteiger partial charge in [0, 0.05) is 11.6 Å². The van der Waals surface area contributed by atoms with Crippen LogP contribution in [0.1, 0.15) is 30.0 Å². The molecule has 0 atom stereocenters. The molecule has 4 rings (SSSR count). The van der Waals surface area contributed by atoms with Crippen molar-refractivity contribution in [1.29, 1.82) is 5.26 Å². The Kier molecular flexibility index (Phi) is 2.58. The van der Waals surface area contributed by atoms with E-state index in [0.29, 0.717) is 11.6 Å². The second-order valence-electron chi connectivity index (χ2n) is 5.72. The highest BCUT2D eigenvalue weighted by Crippen LogP contribution is 2.41. The highest BCUT2D eigenvalue weighted by molar-refractivity contribution is 5.82. The molecule has 0 aliphatic heterocycles. The van der Waals surface area contributed by atoms with Crippen LogP contribution in [0.5, 0.6) is 0 Å². The quantitative estimate of drug-likeness (QED) is 0.701. The molecular weight excluding hydrogens is 258 g/mol. The third kappa shape index (κ3) is 2.00. The first-order valence-corrected chi connectivity index (χ1v) is 7.25. The Hall–Kier alpha value is -2.60. The summed E-state index contributed by atoms with van der Waals surface area (Å²) < 4.78 is 2.34. The summed E-state index contributed by atoms with van der Waals surface area (Å²) in [6, 6.07) is 17.0. The second-order valence-corrected chi connectivity index (χ2v) is 5.72. The Bertz CT molecular complexity index is 879. The van der Waals surface area contributed by atoms with Crippen LogP contribution in [0.15, 0.2) is 42.5 Å². The van der Waals surface area contributed by atoms with Crippen LogP contribution in [0, 0.1) is 18.3 Å². The summed E-state index contributed by atoms with van der Waals surface area (Å²) in [5, 5.41) is 9.06. The molecular formula is C18H15N3. The number of nitriles is 1. The first-order valence-electron chi connectivity index (χ1n) is 7.25. The molecule has 1 aliphatic carbocycles. The molecule has 0 amide bonds. The highest BCUT2D eigenvalue weighted by Gasteiger charge is 2.28. The Morgan fingerprint density at radius 3 is 2.76 bits per heavy atom. The van der Waals surface area contributed by atoms with Gasteiger partial charge in [-0.3, -0.25) is 0 Å². The van der Waals surface area contributed by atoms with Crippen molar-refractivity contribution in [3.05, 3.63) is 53.6 Å². The molecule has 0 N–H and O–H groups in total.